The summed E-state index contributed by atoms with van der Waals surface area (Å²) in [5.74, 6) is 1.30. The van der Waals surface area contributed by atoms with Crippen LogP contribution in [0.3, 0.4) is 0 Å². The van der Waals surface area contributed by atoms with Gasteiger partial charge in [0.05, 0.1) is 19.3 Å². The van der Waals surface area contributed by atoms with Gasteiger partial charge in [-0.25, -0.2) is 4.98 Å². The van der Waals surface area contributed by atoms with E-state index in [-0.39, 0.29) is 23.8 Å². The molecule has 1 aromatic carbocycles. The highest BCUT2D eigenvalue weighted by molar-refractivity contribution is 5.94. The van der Waals surface area contributed by atoms with Gasteiger partial charge in [0.15, 0.2) is 0 Å². The predicted octanol–water partition coefficient (Wildman–Crippen LogP) is 3.57. The van der Waals surface area contributed by atoms with E-state index in [0.29, 0.717) is 5.82 Å². The van der Waals surface area contributed by atoms with E-state index >= 15 is 0 Å². The zero-order valence-corrected chi connectivity index (χ0v) is 16.9. The van der Waals surface area contributed by atoms with Gasteiger partial charge < -0.3 is 19.9 Å². The zero-order valence-electron chi connectivity index (χ0n) is 16.9. The molecule has 1 saturated heterocycles. The van der Waals surface area contributed by atoms with Crippen LogP contribution < -0.4 is 10.1 Å². The third kappa shape index (κ3) is 4.77. The van der Waals surface area contributed by atoms with Crippen LogP contribution in [0.5, 0.6) is 5.75 Å². The first-order chi connectivity index (χ1) is 14.0. The molecule has 29 heavy (non-hydrogen) atoms. The Morgan fingerprint density at radius 2 is 2.00 bits per heavy atom. The van der Waals surface area contributed by atoms with Crippen molar-refractivity contribution >= 4 is 11.7 Å². The standard InChI is InChI=1S/C23H28N2O4/c1-14-11-16(3-4-21(14)29-18-6-9-28-10-7-18)17-5-8-24-22(12-17)25-23(27)20-13-19(20)15(2)26/h3-5,8,11-12,15,18-20,26H,6-7,9-10,13H2,1-2H3,(H,24,25,27)/t15-,19-,20+/m0/s1. The maximum absolute atomic E-state index is 12.3. The molecule has 2 aliphatic rings. The Kier molecular flexibility index (Phi) is 5.83. The smallest absolute Gasteiger partial charge is 0.229 e. The van der Waals surface area contributed by atoms with Gasteiger partial charge in [-0.1, -0.05) is 6.07 Å². The summed E-state index contributed by atoms with van der Waals surface area (Å²) in [7, 11) is 0. The molecule has 0 spiro atoms. The number of nitrogens with one attached hydrogen (secondary N) is 1. The molecule has 4 rings (SSSR count). The van der Waals surface area contributed by atoms with E-state index in [2.05, 4.69) is 16.4 Å². The number of aromatic nitrogens is 1. The molecule has 6 heteroatoms. The Morgan fingerprint density at radius 1 is 1.24 bits per heavy atom. The van der Waals surface area contributed by atoms with Gasteiger partial charge in [0.1, 0.15) is 17.7 Å². The summed E-state index contributed by atoms with van der Waals surface area (Å²) in [5.41, 5.74) is 3.11. The number of nitrogens with zero attached hydrogens (tertiary/aromatic N) is 1. The third-order valence-corrected chi connectivity index (χ3v) is 5.78. The van der Waals surface area contributed by atoms with Gasteiger partial charge in [-0.05, 0) is 67.1 Å². The minimum atomic E-state index is -0.449. The van der Waals surface area contributed by atoms with Gasteiger partial charge in [-0.3, -0.25) is 4.79 Å². The van der Waals surface area contributed by atoms with Gasteiger partial charge in [0, 0.05) is 25.0 Å². The van der Waals surface area contributed by atoms with Crippen molar-refractivity contribution in [3.63, 3.8) is 0 Å². The summed E-state index contributed by atoms with van der Waals surface area (Å²) in [4.78, 5) is 16.6. The Labute approximate surface area is 171 Å². The number of carbonyl (C=O) groups is 1. The highest BCUT2D eigenvalue weighted by Gasteiger charge is 2.45. The fourth-order valence-electron chi connectivity index (χ4n) is 3.88. The van der Waals surface area contributed by atoms with Crippen molar-refractivity contribution in [3.05, 3.63) is 42.1 Å². The quantitative estimate of drug-likeness (QED) is 0.780. The average molecular weight is 396 g/mol. The molecule has 3 atom stereocenters. The van der Waals surface area contributed by atoms with Gasteiger partial charge in [-0.2, -0.15) is 0 Å². The van der Waals surface area contributed by atoms with Gasteiger partial charge in [0.2, 0.25) is 5.91 Å². The number of ether oxygens (including phenoxy) is 2. The van der Waals surface area contributed by atoms with Crippen molar-refractivity contribution in [1.82, 2.24) is 4.98 Å². The van der Waals surface area contributed by atoms with Crippen LogP contribution in [0.15, 0.2) is 36.5 Å². The minimum absolute atomic E-state index is 0.0594. The SMILES string of the molecule is Cc1cc(-c2ccnc(NC(=O)[C@@H]3C[C@H]3[C@H](C)O)c2)ccc1OC1CCOCC1. The first-order valence-corrected chi connectivity index (χ1v) is 10.3. The van der Waals surface area contributed by atoms with Crippen LogP contribution in [0.2, 0.25) is 0 Å². The van der Waals surface area contributed by atoms with E-state index < -0.39 is 6.10 Å². The van der Waals surface area contributed by atoms with E-state index in [1.165, 1.54) is 0 Å². The van der Waals surface area contributed by atoms with Gasteiger partial charge in [-0.15, -0.1) is 0 Å². The van der Waals surface area contributed by atoms with Crippen molar-refractivity contribution in [3.8, 4) is 16.9 Å². The molecule has 2 N–H and O–H groups in total. The van der Waals surface area contributed by atoms with Crippen LogP contribution in [0, 0.1) is 18.8 Å². The number of hydrogen-bond donors (Lipinski definition) is 2. The largest absolute Gasteiger partial charge is 0.490 e. The van der Waals surface area contributed by atoms with E-state index in [1.807, 2.05) is 31.2 Å². The average Bonchev–Trinajstić information content (AvgIpc) is 3.52. The van der Waals surface area contributed by atoms with Gasteiger partial charge >= 0.3 is 0 Å². The summed E-state index contributed by atoms with van der Waals surface area (Å²) < 4.78 is 11.5. The minimum Gasteiger partial charge on any atom is -0.490 e. The first kappa shape index (κ1) is 19.9. The third-order valence-electron chi connectivity index (χ3n) is 5.78. The lowest BCUT2D eigenvalue weighted by atomic mass is 10.0. The van der Waals surface area contributed by atoms with E-state index in [1.54, 1.807) is 13.1 Å². The molecule has 0 unspecified atom stereocenters. The number of rotatable bonds is 6. The molecule has 1 aliphatic heterocycles. The molecule has 2 aromatic rings. The molecule has 1 aliphatic carbocycles. The Balaban J connectivity index is 1.43. The molecule has 1 amide bonds. The summed E-state index contributed by atoms with van der Waals surface area (Å²) in [6.45, 7) is 5.29. The molecule has 0 radical (unpaired) electrons. The number of amides is 1. The molecule has 2 heterocycles. The number of hydrogen-bond acceptors (Lipinski definition) is 5. The number of pyridine rings is 1. The van der Waals surface area contributed by atoms with Crippen LogP contribution in [-0.2, 0) is 9.53 Å². The van der Waals surface area contributed by atoms with Crippen LogP contribution in [0.1, 0.15) is 31.7 Å². The highest BCUT2D eigenvalue weighted by atomic mass is 16.5. The monoisotopic (exact) mass is 396 g/mol. The first-order valence-electron chi connectivity index (χ1n) is 10.3. The second kappa shape index (κ2) is 8.51. The van der Waals surface area contributed by atoms with E-state index in [0.717, 1.165) is 54.9 Å². The van der Waals surface area contributed by atoms with E-state index in [9.17, 15) is 9.90 Å². The van der Waals surface area contributed by atoms with Crippen molar-refractivity contribution in [2.24, 2.45) is 11.8 Å². The maximum Gasteiger partial charge on any atom is 0.229 e. The second-order valence-electron chi connectivity index (χ2n) is 8.08. The summed E-state index contributed by atoms with van der Waals surface area (Å²) >= 11 is 0. The molecule has 154 valence electrons. The van der Waals surface area contributed by atoms with Gasteiger partial charge in [0.25, 0.3) is 0 Å². The Morgan fingerprint density at radius 3 is 2.69 bits per heavy atom. The van der Waals surface area contributed by atoms with Crippen molar-refractivity contribution in [2.45, 2.75) is 45.3 Å². The fourth-order valence-corrected chi connectivity index (χ4v) is 3.88. The second-order valence-corrected chi connectivity index (χ2v) is 8.08. The number of aliphatic hydroxyl groups is 1. The predicted molar refractivity (Wildman–Crippen MR) is 111 cm³/mol. The molecule has 1 aromatic heterocycles. The lowest BCUT2D eigenvalue weighted by molar-refractivity contribution is -0.118. The van der Waals surface area contributed by atoms with Crippen LogP contribution >= 0.6 is 0 Å². The van der Waals surface area contributed by atoms with Crippen LogP contribution in [0.4, 0.5) is 5.82 Å². The summed E-state index contributed by atoms with van der Waals surface area (Å²) in [6.07, 6.45) is 4.04. The Hall–Kier alpha value is -2.44. The number of aryl methyl sites for hydroxylation is 1. The summed E-state index contributed by atoms with van der Waals surface area (Å²) in [5, 5.41) is 12.5. The Bertz CT molecular complexity index is 877. The van der Waals surface area contributed by atoms with Crippen molar-refractivity contribution in [2.75, 3.05) is 18.5 Å². The topological polar surface area (TPSA) is 80.7 Å². The summed E-state index contributed by atoms with van der Waals surface area (Å²) in [6, 6.07) is 9.95. The van der Waals surface area contributed by atoms with Crippen LogP contribution in [-0.4, -0.2) is 41.4 Å². The fraction of sp³-hybridized carbons (Fsp3) is 0.478. The molecule has 1 saturated carbocycles. The molecular weight excluding hydrogens is 368 g/mol. The molecule has 6 nitrogen and oxygen atoms in total. The molecule has 2 fully saturated rings. The molecular formula is C23H28N2O4. The lowest BCUT2D eigenvalue weighted by Gasteiger charge is -2.24. The lowest BCUT2D eigenvalue weighted by Crippen LogP contribution is -2.26. The zero-order chi connectivity index (χ0) is 20.4. The normalized spacial score (nSPS) is 22.7. The number of benzene rings is 1. The van der Waals surface area contributed by atoms with Crippen molar-refractivity contribution < 1.29 is 19.4 Å². The van der Waals surface area contributed by atoms with Crippen LogP contribution in [0.25, 0.3) is 11.1 Å². The number of carbonyl (C=O) groups excluding carboxylic acids is 1. The van der Waals surface area contributed by atoms with Crippen molar-refractivity contribution in [1.29, 1.82) is 0 Å². The number of aliphatic hydroxyl groups excluding tert-OH is 1. The van der Waals surface area contributed by atoms with E-state index in [4.69, 9.17) is 9.47 Å². The maximum atomic E-state index is 12.3. The molecule has 0 bridgehead atoms. The highest BCUT2D eigenvalue weighted by Crippen LogP contribution is 2.42. The number of anilines is 1.